The maximum Gasteiger partial charge on any atom is 0.333 e. The number of rotatable bonds is 7. The molecule has 0 fully saturated rings. The molecule has 6 nitrogen and oxygen atoms in total. The monoisotopic (exact) mass is 305 g/mol. The van der Waals surface area contributed by atoms with Gasteiger partial charge in [-0.05, 0) is 19.9 Å². The molecule has 22 heavy (non-hydrogen) atoms. The molecule has 118 valence electrons. The number of imidazole rings is 1. The third-order valence-corrected chi connectivity index (χ3v) is 3.13. The Labute approximate surface area is 129 Å². The number of esters is 1. The summed E-state index contributed by atoms with van der Waals surface area (Å²) in [6.45, 7) is 7.36. The Kier molecular flexibility index (Phi) is 5.16. The topological polar surface area (TPSA) is 57.5 Å². The Morgan fingerprint density at radius 3 is 2.86 bits per heavy atom. The lowest BCUT2D eigenvalue weighted by Gasteiger charge is -2.21. The molecule has 0 aromatic carbocycles. The molecule has 0 radical (unpaired) electrons. The quantitative estimate of drug-likeness (QED) is 0.447. The van der Waals surface area contributed by atoms with E-state index in [1.807, 2.05) is 41.0 Å². The Balaban J connectivity index is 2.10. The Morgan fingerprint density at radius 2 is 2.32 bits per heavy atom. The van der Waals surface area contributed by atoms with E-state index in [4.69, 9.17) is 13.9 Å². The molecular formula is C16H21N2O4+. The maximum atomic E-state index is 11.7. The lowest BCUT2D eigenvalue weighted by Crippen LogP contribution is -2.31. The van der Waals surface area contributed by atoms with Gasteiger partial charge < -0.3 is 13.9 Å². The van der Waals surface area contributed by atoms with Crippen LogP contribution in [0.25, 0.3) is 0 Å². The van der Waals surface area contributed by atoms with E-state index >= 15 is 0 Å². The van der Waals surface area contributed by atoms with E-state index in [2.05, 4.69) is 6.58 Å². The van der Waals surface area contributed by atoms with Gasteiger partial charge in [-0.25, -0.2) is 13.9 Å². The van der Waals surface area contributed by atoms with Crippen LogP contribution in [-0.4, -0.2) is 16.6 Å². The van der Waals surface area contributed by atoms with Crippen molar-refractivity contribution in [3.8, 4) is 0 Å². The number of nitrogens with zero attached hydrogens (tertiary/aromatic N) is 2. The van der Waals surface area contributed by atoms with Crippen molar-refractivity contribution in [3.05, 3.63) is 55.0 Å². The number of hydrogen-bond acceptors (Lipinski definition) is 4. The first-order valence-electron chi connectivity index (χ1n) is 6.99. The number of carbonyl (C=O) groups is 1. The second-order valence-corrected chi connectivity index (χ2v) is 5.25. The largest absolute Gasteiger partial charge is 0.472 e. The first-order chi connectivity index (χ1) is 10.5. The van der Waals surface area contributed by atoms with E-state index in [9.17, 15) is 4.79 Å². The summed E-state index contributed by atoms with van der Waals surface area (Å²) >= 11 is 0. The summed E-state index contributed by atoms with van der Waals surface area (Å²) in [5, 5.41) is 0. The van der Waals surface area contributed by atoms with Crippen molar-refractivity contribution >= 4 is 5.97 Å². The lowest BCUT2D eigenvalue weighted by molar-refractivity contribution is -0.671. The fourth-order valence-electron chi connectivity index (χ4n) is 1.97. The van der Waals surface area contributed by atoms with Crippen molar-refractivity contribution in [2.24, 2.45) is 7.05 Å². The fourth-order valence-corrected chi connectivity index (χ4v) is 1.97. The zero-order chi connectivity index (χ0) is 16.1. The summed E-state index contributed by atoms with van der Waals surface area (Å²) in [7, 11) is 1.91. The highest BCUT2D eigenvalue weighted by Gasteiger charge is 2.28. The molecule has 2 atom stereocenters. The van der Waals surface area contributed by atoms with Gasteiger partial charge in [0, 0.05) is 11.1 Å². The van der Waals surface area contributed by atoms with Crippen LogP contribution >= 0.6 is 0 Å². The van der Waals surface area contributed by atoms with Crippen molar-refractivity contribution in [3.63, 3.8) is 0 Å². The Bertz CT molecular complexity index is 630. The number of aromatic nitrogens is 2. The van der Waals surface area contributed by atoms with Crippen molar-refractivity contribution < 1.29 is 23.3 Å². The minimum absolute atomic E-state index is 0.359. The maximum absolute atomic E-state index is 11.7. The molecule has 0 N–H and O–H groups in total. The summed E-state index contributed by atoms with van der Waals surface area (Å²) in [4.78, 5) is 11.7. The summed E-state index contributed by atoms with van der Waals surface area (Å²) in [6.07, 6.45) is 7.92. The minimum atomic E-state index is -0.469. The van der Waals surface area contributed by atoms with Crippen LogP contribution in [-0.2, 0) is 27.9 Å². The molecule has 2 aromatic rings. The SMILES string of the molecule is C=C(C)C(=O)OC(C)C(OCc1ccoc1)n1cc[n+](C)c1. The van der Waals surface area contributed by atoms with Gasteiger partial charge in [0.1, 0.15) is 12.4 Å². The standard InChI is InChI=1S/C16H21N2O4/c1-12(2)16(19)22-13(3)15(18-7-6-17(4)11-18)21-10-14-5-8-20-9-14/h5-9,11,13,15H,1,10H2,2-4H3/q+1. The van der Waals surface area contributed by atoms with Gasteiger partial charge >= 0.3 is 5.97 Å². The molecule has 0 aliphatic carbocycles. The van der Waals surface area contributed by atoms with Crippen LogP contribution in [0.1, 0.15) is 25.6 Å². The van der Waals surface area contributed by atoms with E-state index < -0.39 is 18.3 Å². The van der Waals surface area contributed by atoms with Gasteiger partial charge in [-0.3, -0.25) is 0 Å². The smallest absolute Gasteiger partial charge is 0.333 e. The Hall–Kier alpha value is -2.34. The fraction of sp³-hybridized carbons (Fsp3) is 0.375. The first kappa shape index (κ1) is 16.0. The third kappa shape index (κ3) is 4.08. The van der Waals surface area contributed by atoms with E-state index in [1.165, 1.54) is 0 Å². The molecule has 2 unspecified atom stereocenters. The highest BCUT2D eigenvalue weighted by molar-refractivity contribution is 5.87. The number of carbonyl (C=O) groups excluding carboxylic acids is 1. The van der Waals surface area contributed by atoms with Crippen molar-refractivity contribution in [2.75, 3.05) is 0 Å². The summed E-state index contributed by atoms with van der Waals surface area (Å²) in [5.74, 6) is -0.430. The number of furan rings is 1. The van der Waals surface area contributed by atoms with Crippen LogP contribution in [0.5, 0.6) is 0 Å². The molecule has 0 saturated carbocycles. The van der Waals surface area contributed by atoms with Crippen molar-refractivity contribution in [2.45, 2.75) is 32.8 Å². The zero-order valence-corrected chi connectivity index (χ0v) is 13.1. The zero-order valence-electron chi connectivity index (χ0n) is 13.1. The first-order valence-corrected chi connectivity index (χ1v) is 6.99. The highest BCUT2D eigenvalue weighted by atomic mass is 16.6. The van der Waals surface area contributed by atoms with Gasteiger partial charge in [0.25, 0.3) is 0 Å². The molecule has 0 aliphatic heterocycles. The molecule has 2 rings (SSSR count). The number of aryl methyl sites for hydroxylation is 1. The molecule has 0 aliphatic rings. The van der Waals surface area contributed by atoms with Crippen LogP contribution in [0.4, 0.5) is 0 Å². The molecule has 0 spiro atoms. The van der Waals surface area contributed by atoms with Gasteiger partial charge in [0.2, 0.25) is 12.6 Å². The van der Waals surface area contributed by atoms with Crippen molar-refractivity contribution in [1.29, 1.82) is 0 Å². The van der Waals surface area contributed by atoms with Crippen LogP contribution in [0.2, 0.25) is 0 Å². The predicted octanol–water partition coefficient (Wildman–Crippen LogP) is 2.13. The van der Waals surface area contributed by atoms with Gasteiger partial charge in [-0.1, -0.05) is 6.58 Å². The normalized spacial score (nSPS) is 13.6. The molecule has 0 saturated heterocycles. The number of ether oxygens (including phenoxy) is 2. The molecule has 2 aromatic heterocycles. The van der Waals surface area contributed by atoms with E-state index in [-0.39, 0.29) is 0 Å². The van der Waals surface area contributed by atoms with Crippen LogP contribution in [0, 0.1) is 0 Å². The van der Waals surface area contributed by atoms with Crippen LogP contribution in [0.3, 0.4) is 0 Å². The number of hydrogen-bond donors (Lipinski definition) is 0. The van der Waals surface area contributed by atoms with E-state index in [0.717, 1.165) is 5.56 Å². The molecule has 6 heteroatoms. The van der Waals surface area contributed by atoms with Crippen LogP contribution < -0.4 is 4.57 Å². The van der Waals surface area contributed by atoms with Crippen LogP contribution in [0.15, 0.2) is 53.9 Å². The average molecular weight is 305 g/mol. The van der Waals surface area contributed by atoms with Gasteiger partial charge in [-0.15, -0.1) is 0 Å². The lowest BCUT2D eigenvalue weighted by atomic mass is 10.3. The highest BCUT2D eigenvalue weighted by Crippen LogP contribution is 2.19. The summed E-state index contributed by atoms with van der Waals surface area (Å²) in [5.41, 5.74) is 1.28. The minimum Gasteiger partial charge on any atom is -0.472 e. The van der Waals surface area contributed by atoms with E-state index in [1.54, 1.807) is 26.4 Å². The molecule has 2 heterocycles. The Morgan fingerprint density at radius 1 is 1.55 bits per heavy atom. The predicted molar refractivity (Wildman–Crippen MR) is 78.5 cm³/mol. The second kappa shape index (κ2) is 7.09. The van der Waals surface area contributed by atoms with E-state index in [0.29, 0.717) is 12.2 Å². The summed E-state index contributed by atoms with van der Waals surface area (Å²) < 4.78 is 20.1. The summed E-state index contributed by atoms with van der Waals surface area (Å²) in [6, 6.07) is 1.83. The van der Waals surface area contributed by atoms with Gasteiger partial charge in [0.05, 0.1) is 26.2 Å². The van der Waals surface area contributed by atoms with Gasteiger partial charge in [0.15, 0.2) is 6.10 Å². The average Bonchev–Trinajstić information content (AvgIpc) is 3.11. The second-order valence-electron chi connectivity index (χ2n) is 5.25. The van der Waals surface area contributed by atoms with Crippen molar-refractivity contribution in [1.82, 2.24) is 4.57 Å². The molecule has 0 amide bonds. The molecule has 0 bridgehead atoms. The third-order valence-electron chi connectivity index (χ3n) is 3.13. The molecular weight excluding hydrogens is 284 g/mol. The van der Waals surface area contributed by atoms with Gasteiger partial charge in [-0.2, -0.15) is 0 Å².